The smallest absolute Gasteiger partial charge is 0.254 e. The van der Waals surface area contributed by atoms with Gasteiger partial charge in [-0.1, -0.05) is 11.6 Å². The Hall–Kier alpha value is -0.580. The Bertz CT molecular complexity index is 398. The van der Waals surface area contributed by atoms with Crippen molar-refractivity contribution in [3.05, 3.63) is 33.3 Å². The molecule has 0 saturated heterocycles. The summed E-state index contributed by atoms with van der Waals surface area (Å²) in [6.45, 7) is 3.68. The fourth-order valence-corrected chi connectivity index (χ4v) is 1.90. The number of rotatable bonds is 5. The van der Waals surface area contributed by atoms with Gasteiger partial charge in [0.05, 0.1) is 12.2 Å². The lowest BCUT2D eigenvalue weighted by molar-refractivity contribution is 0.0709. The van der Waals surface area contributed by atoms with E-state index in [2.05, 4.69) is 15.9 Å². The summed E-state index contributed by atoms with van der Waals surface area (Å²) >= 11 is 9.22. The Labute approximate surface area is 115 Å². The Morgan fingerprint density at radius 3 is 2.88 bits per heavy atom. The van der Waals surface area contributed by atoms with Gasteiger partial charge in [0.15, 0.2) is 0 Å². The third kappa shape index (κ3) is 4.30. The standard InChI is InChI=1S/C12H15BrClNO2/c1-3-17-7-6-15(2)12(16)10-8-9(14)4-5-11(10)13/h4-5,8H,3,6-7H2,1-2H3. The lowest BCUT2D eigenvalue weighted by Gasteiger charge is -2.17. The number of hydrogen-bond donors (Lipinski definition) is 0. The lowest BCUT2D eigenvalue weighted by atomic mass is 10.2. The molecule has 1 rings (SSSR count). The number of benzene rings is 1. The van der Waals surface area contributed by atoms with Crippen LogP contribution < -0.4 is 0 Å². The van der Waals surface area contributed by atoms with Gasteiger partial charge in [-0.2, -0.15) is 0 Å². The Balaban J connectivity index is 2.71. The maximum Gasteiger partial charge on any atom is 0.254 e. The van der Waals surface area contributed by atoms with Crippen LogP contribution in [0.4, 0.5) is 0 Å². The molecule has 0 aliphatic heterocycles. The van der Waals surface area contributed by atoms with Crippen LogP contribution in [0, 0.1) is 0 Å². The van der Waals surface area contributed by atoms with Gasteiger partial charge in [0.2, 0.25) is 0 Å². The van der Waals surface area contributed by atoms with Crippen LogP contribution in [0.3, 0.4) is 0 Å². The molecule has 0 atom stereocenters. The molecule has 3 nitrogen and oxygen atoms in total. The first-order valence-electron chi connectivity index (χ1n) is 5.34. The molecule has 5 heteroatoms. The Morgan fingerprint density at radius 2 is 2.24 bits per heavy atom. The molecule has 0 aliphatic carbocycles. The van der Waals surface area contributed by atoms with E-state index in [0.29, 0.717) is 30.3 Å². The molecular formula is C12H15BrClNO2. The van der Waals surface area contributed by atoms with Crippen LogP contribution in [-0.2, 0) is 4.74 Å². The minimum absolute atomic E-state index is 0.0703. The highest BCUT2D eigenvalue weighted by molar-refractivity contribution is 9.10. The van der Waals surface area contributed by atoms with Gasteiger partial charge < -0.3 is 9.64 Å². The van der Waals surface area contributed by atoms with Crippen LogP contribution in [0.2, 0.25) is 5.02 Å². The van der Waals surface area contributed by atoms with Crippen molar-refractivity contribution < 1.29 is 9.53 Å². The number of carbonyl (C=O) groups excluding carboxylic acids is 1. The second-order valence-electron chi connectivity index (χ2n) is 3.55. The maximum absolute atomic E-state index is 12.1. The summed E-state index contributed by atoms with van der Waals surface area (Å²) in [4.78, 5) is 13.7. The van der Waals surface area contributed by atoms with Crippen LogP contribution in [0.1, 0.15) is 17.3 Å². The minimum Gasteiger partial charge on any atom is -0.380 e. The van der Waals surface area contributed by atoms with E-state index in [-0.39, 0.29) is 5.91 Å². The fraction of sp³-hybridized carbons (Fsp3) is 0.417. The quantitative estimate of drug-likeness (QED) is 0.780. The third-order valence-electron chi connectivity index (χ3n) is 2.28. The molecule has 0 bridgehead atoms. The van der Waals surface area contributed by atoms with Gasteiger partial charge in [-0.25, -0.2) is 0 Å². The maximum atomic E-state index is 12.1. The van der Waals surface area contributed by atoms with Crippen LogP contribution in [0.15, 0.2) is 22.7 Å². The summed E-state index contributed by atoms with van der Waals surface area (Å²) < 4.78 is 5.96. The summed E-state index contributed by atoms with van der Waals surface area (Å²) in [5, 5.41) is 0.551. The first-order valence-corrected chi connectivity index (χ1v) is 6.51. The minimum atomic E-state index is -0.0703. The molecular weight excluding hydrogens is 305 g/mol. The topological polar surface area (TPSA) is 29.5 Å². The third-order valence-corrected chi connectivity index (χ3v) is 3.21. The normalized spacial score (nSPS) is 10.4. The van der Waals surface area contributed by atoms with Crippen molar-refractivity contribution in [2.24, 2.45) is 0 Å². The summed E-state index contributed by atoms with van der Waals surface area (Å²) in [6.07, 6.45) is 0. The molecule has 94 valence electrons. The van der Waals surface area contributed by atoms with Crippen molar-refractivity contribution in [2.45, 2.75) is 6.92 Å². The highest BCUT2D eigenvalue weighted by Gasteiger charge is 2.14. The number of ether oxygens (including phenoxy) is 1. The van der Waals surface area contributed by atoms with E-state index in [0.717, 1.165) is 4.47 Å². The van der Waals surface area contributed by atoms with Gasteiger partial charge in [0.1, 0.15) is 0 Å². The van der Waals surface area contributed by atoms with Gasteiger partial charge in [-0.05, 0) is 41.1 Å². The van der Waals surface area contributed by atoms with Crippen LogP contribution in [-0.4, -0.2) is 37.6 Å². The van der Waals surface area contributed by atoms with E-state index < -0.39 is 0 Å². The van der Waals surface area contributed by atoms with E-state index in [1.165, 1.54) is 0 Å². The van der Waals surface area contributed by atoms with E-state index in [1.54, 1.807) is 30.1 Å². The van der Waals surface area contributed by atoms with Crippen molar-refractivity contribution in [1.82, 2.24) is 4.90 Å². The van der Waals surface area contributed by atoms with Gasteiger partial charge in [-0.15, -0.1) is 0 Å². The second-order valence-corrected chi connectivity index (χ2v) is 4.84. The molecule has 0 saturated carbocycles. The molecule has 1 aromatic carbocycles. The molecule has 1 aromatic rings. The van der Waals surface area contributed by atoms with Crippen LogP contribution in [0.25, 0.3) is 0 Å². The lowest BCUT2D eigenvalue weighted by Crippen LogP contribution is -2.30. The van der Waals surface area contributed by atoms with Gasteiger partial charge in [0.25, 0.3) is 5.91 Å². The first kappa shape index (κ1) is 14.5. The van der Waals surface area contributed by atoms with Gasteiger partial charge >= 0.3 is 0 Å². The molecule has 0 radical (unpaired) electrons. The molecule has 0 spiro atoms. The van der Waals surface area contributed by atoms with Crippen molar-refractivity contribution >= 4 is 33.4 Å². The van der Waals surface area contributed by atoms with Gasteiger partial charge in [0, 0.05) is 29.7 Å². The first-order chi connectivity index (χ1) is 8.06. The average Bonchev–Trinajstić information content (AvgIpc) is 2.31. The van der Waals surface area contributed by atoms with Crippen molar-refractivity contribution in [3.8, 4) is 0 Å². The van der Waals surface area contributed by atoms with Crippen LogP contribution in [0.5, 0.6) is 0 Å². The van der Waals surface area contributed by atoms with E-state index in [4.69, 9.17) is 16.3 Å². The zero-order chi connectivity index (χ0) is 12.8. The SMILES string of the molecule is CCOCCN(C)C(=O)c1cc(Cl)ccc1Br. The number of hydrogen-bond acceptors (Lipinski definition) is 2. The molecule has 0 N–H and O–H groups in total. The van der Waals surface area contributed by atoms with Gasteiger partial charge in [-0.3, -0.25) is 4.79 Å². The van der Waals surface area contributed by atoms with E-state index in [1.807, 2.05) is 6.92 Å². The fourth-order valence-electron chi connectivity index (χ4n) is 1.31. The largest absolute Gasteiger partial charge is 0.380 e. The van der Waals surface area contributed by atoms with Crippen molar-refractivity contribution in [1.29, 1.82) is 0 Å². The molecule has 0 heterocycles. The number of likely N-dealkylation sites (N-methyl/N-ethyl adjacent to an activating group) is 1. The zero-order valence-electron chi connectivity index (χ0n) is 9.87. The molecule has 1 amide bonds. The highest BCUT2D eigenvalue weighted by atomic mass is 79.9. The monoisotopic (exact) mass is 319 g/mol. The Morgan fingerprint density at radius 1 is 1.53 bits per heavy atom. The van der Waals surface area contributed by atoms with Crippen molar-refractivity contribution in [3.63, 3.8) is 0 Å². The summed E-state index contributed by atoms with van der Waals surface area (Å²) in [6, 6.07) is 5.17. The predicted molar refractivity (Wildman–Crippen MR) is 72.6 cm³/mol. The molecule has 0 aromatic heterocycles. The van der Waals surface area contributed by atoms with E-state index in [9.17, 15) is 4.79 Å². The Kier molecular flexibility index (Phi) is 5.95. The number of amides is 1. The number of nitrogens with zero attached hydrogens (tertiary/aromatic N) is 1. The van der Waals surface area contributed by atoms with Crippen molar-refractivity contribution in [2.75, 3.05) is 26.8 Å². The molecule has 0 aliphatic rings. The summed E-state index contributed by atoms with van der Waals surface area (Å²) in [5.74, 6) is -0.0703. The molecule has 0 unspecified atom stereocenters. The van der Waals surface area contributed by atoms with Crippen LogP contribution >= 0.6 is 27.5 Å². The van der Waals surface area contributed by atoms with E-state index >= 15 is 0 Å². The zero-order valence-corrected chi connectivity index (χ0v) is 12.2. The summed E-state index contributed by atoms with van der Waals surface area (Å²) in [5.41, 5.74) is 0.566. The second kappa shape index (κ2) is 6.99. The highest BCUT2D eigenvalue weighted by Crippen LogP contribution is 2.22. The average molecular weight is 321 g/mol. The molecule has 0 fully saturated rings. The summed E-state index contributed by atoms with van der Waals surface area (Å²) in [7, 11) is 1.74. The number of carbonyl (C=O) groups is 1. The molecule has 17 heavy (non-hydrogen) atoms. The predicted octanol–water partition coefficient (Wildman–Crippen LogP) is 3.21. The number of halogens is 2.